The van der Waals surface area contributed by atoms with Gasteiger partial charge in [0.05, 0.1) is 0 Å². The molecule has 0 saturated heterocycles. The molecule has 0 unspecified atom stereocenters. The van der Waals surface area contributed by atoms with Gasteiger partial charge in [0.2, 0.25) is 5.91 Å². The van der Waals surface area contributed by atoms with Crippen molar-refractivity contribution < 1.29 is 9.18 Å². The van der Waals surface area contributed by atoms with Gasteiger partial charge in [-0.05, 0) is 30.0 Å². The predicted molar refractivity (Wildman–Crippen MR) is 83.5 cm³/mol. The van der Waals surface area contributed by atoms with Crippen LogP contribution >= 0.6 is 11.8 Å². The Kier molecular flexibility index (Phi) is 3.34. The SMILES string of the molecule is N#Cc1c(NC(=O)[C@@H]2C[C@@H]2c2cccc(F)c2)nc2n1CCS2. The Bertz CT molecular complexity index is 841. The van der Waals surface area contributed by atoms with Gasteiger partial charge >= 0.3 is 0 Å². The van der Waals surface area contributed by atoms with E-state index in [4.69, 9.17) is 0 Å². The topological polar surface area (TPSA) is 70.7 Å². The molecule has 1 aliphatic carbocycles. The molecule has 4 rings (SSSR count). The summed E-state index contributed by atoms with van der Waals surface area (Å²) < 4.78 is 15.1. The highest BCUT2D eigenvalue weighted by atomic mass is 32.2. The number of nitriles is 1. The van der Waals surface area contributed by atoms with Gasteiger partial charge in [0, 0.05) is 18.2 Å². The maximum Gasteiger partial charge on any atom is 0.229 e. The number of imidazole rings is 1. The van der Waals surface area contributed by atoms with Crippen molar-refractivity contribution >= 4 is 23.5 Å². The monoisotopic (exact) mass is 328 g/mol. The van der Waals surface area contributed by atoms with Crippen LogP contribution in [0, 0.1) is 23.1 Å². The number of halogens is 1. The van der Waals surface area contributed by atoms with E-state index >= 15 is 0 Å². The molecule has 23 heavy (non-hydrogen) atoms. The summed E-state index contributed by atoms with van der Waals surface area (Å²) in [6.07, 6.45) is 0.694. The largest absolute Gasteiger partial charge is 0.308 e. The molecule has 0 radical (unpaired) electrons. The smallest absolute Gasteiger partial charge is 0.229 e. The summed E-state index contributed by atoms with van der Waals surface area (Å²) in [7, 11) is 0. The van der Waals surface area contributed by atoms with Crippen LogP contribution in [-0.4, -0.2) is 21.2 Å². The van der Waals surface area contributed by atoms with Crippen LogP contribution in [0.1, 0.15) is 23.6 Å². The number of carbonyl (C=O) groups is 1. The summed E-state index contributed by atoms with van der Waals surface area (Å²) in [5.41, 5.74) is 1.25. The zero-order valence-electron chi connectivity index (χ0n) is 12.1. The van der Waals surface area contributed by atoms with E-state index in [1.54, 1.807) is 17.8 Å². The quantitative estimate of drug-likeness (QED) is 0.940. The molecule has 2 aliphatic rings. The first kappa shape index (κ1) is 14.3. The standard InChI is InChI=1S/C16H13FN4OS/c17-10-3-1-2-9(6-10)11-7-12(11)15(22)19-14-13(8-18)21-4-5-23-16(21)20-14/h1-3,6,11-12H,4-5,7H2,(H,19,22)/t11-,12-/m1/s1. The average molecular weight is 328 g/mol. The number of rotatable bonds is 3. The minimum absolute atomic E-state index is 0.0417. The van der Waals surface area contributed by atoms with Crippen molar-refractivity contribution in [3.63, 3.8) is 0 Å². The van der Waals surface area contributed by atoms with Crippen LogP contribution in [0.15, 0.2) is 29.4 Å². The summed E-state index contributed by atoms with van der Waals surface area (Å²) in [5.74, 6) is 0.646. The molecule has 116 valence electrons. The second-order valence-corrected chi connectivity index (χ2v) is 6.76. The van der Waals surface area contributed by atoms with Crippen LogP contribution in [0.2, 0.25) is 0 Å². The van der Waals surface area contributed by atoms with Crippen LogP contribution in [-0.2, 0) is 11.3 Å². The summed E-state index contributed by atoms with van der Waals surface area (Å²) in [6, 6.07) is 8.47. The van der Waals surface area contributed by atoms with E-state index in [-0.39, 0.29) is 23.6 Å². The van der Waals surface area contributed by atoms with Gasteiger partial charge in [-0.3, -0.25) is 4.79 Å². The zero-order chi connectivity index (χ0) is 16.0. The molecule has 1 aliphatic heterocycles. The van der Waals surface area contributed by atoms with Crippen LogP contribution in [0.4, 0.5) is 10.2 Å². The first-order valence-electron chi connectivity index (χ1n) is 7.37. The molecule has 2 heterocycles. The Morgan fingerprint density at radius 3 is 3.17 bits per heavy atom. The average Bonchev–Trinajstić information content (AvgIpc) is 3.11. The molecule has 7 heteroatoms. The van der Waals surface area contributed by atoms with E-state index in [9.17, 15) is 14.4 Å². The molecule has 1 amide bonds. The third-order valence-electron chi connectivity index (χ3n) is 4.23. The number of hydrogen-bond acceptors (Lipinski definition) is 4. The lowest BCUT2D eigenvalue weighted by Crippen LogP contribution is -2.16. The number of anilines is 1. The Morgan fingerprint density at radius 2 is 2.39 bits per heavy atom. The van der Waals surface area contributed by atoms with Gasteiger partial charge < -0.3 is 9.88 Å². The van der Waals surface area contributed by atoms with Gasteiger partial charge in [0.15, 0.2) is 16.7 Å². The third kappa shape index (κ3) is 2.49. The maximum atomic E-state index is 13.3. The third-order valence-corrected chi connectivity index (χ3v) is 5.19. The number of fused-ring (bicyclic) bond motifs is 1. The summed E-state index contributed by atoms with van der Waals surface area (Å²) >= 11 is 1.58. The number of nitrogens with zero attached hydrogens (tertiary/aromatic N) is 3. The van der Waals surface area contributed by atoms with Crippen molar-refractivity contribution in [2.45, 2.75) is 24.0 Å². The summed E-state index contributed by atoms with van der Waals surface area (Å²) in [6.45, 7) is 0.737. The minimum Gasteiger partial charge on any atom is -0.308 e. The Hall–Kier alpha value is -2.33. The number of aromatic nitrogens is 2. The van der Waals surface area contributed by atoms with Gasteiger partial charge in [-0.2, -0.15) is 5.26 Å². The fourth-order valence-electron chi connectivity index (χ4n) is 2.98. The molecule has 2 aromatic rings. The highest BCUT2D eigenvalue weighted by molar-refractivity contribution is 7.99. The van der Waals surface area contributed by atoms with E-state index in [1.807, 2.05) is 10.6 Å². The number of nitrogens with one attached hydrogen (secondary N) is 1. The molecule has 1 saturated carbocycles. The molecule has 1 fully saturated rings. The Labute approximate surface area is 136 Å². The first-order chi connectivity index (χ1) is 11.2. The summed E-state index contributed by atoms with van der Waals surface area (Å²) in [4.78, 5) is 16.7. The second-order valence-electron chi connectivity index (χ2n) is 5.70. The van der Waals surface area contributed by atoms with Crippen molar-refractivity contribution in [1.82, 2.24) is 9.55 Å². The molecule has 1 N–H and O–H groups in total. The molecule has 1 aromatic carbocycles. The normalized spacial score (nSPS) is 21.6. The lowest BCUT2D eigenvalue weighted by Gasteiger charge is -2.04. The van der Waals surface area contributed by atoms with Crippen molar-refractivity contribution in [1.29, 1.82) is 5.26 Å². The van der Waals surface area contributed by atoms with Gasteiger partial charge in [-0.25, -0.2) is 9.37 Å². The van der Waals surface area contributed by atoms with Crippen molar-refractivity contribution in [3.05, 3.63) is 41.3 Å². The van der Waals surface area contributed by atoms with Crippen LogP contribution < -0.4 is 5.32 Å². The van der Waals surface area contributed by atoms with Gasteiger partial charge in [0.25, 0.3) is 0 Å². The van der Waals surface area contributed by atoms with Crippen LogP contribution in [0.3, 0.4) is 0 Å². The molecular formula is C16H13FN4OS. The summed E-state index contributed by atoms with van der Waals surface area (Å²) in [5, 5.41) is 12.8. The van der Waals surface area contributed by atoms with E-state index in [2.05, 4.69) is 16.4 Å². The number of amides is 1. The molecule has 1 aromatic heterocycles. The van der Waals surface area contributed by atoms with E-state index in [0.29, 0.717) is 17.9 Å². The first-order valence-corrected chi connectivity index (χ1v) is 8.35. The molecule has 2 atom stereocenters. The van der Waals surface area contributed by atoms with E-state index in [0.717, 1.165) is 23.0 Å². The number of thioether (sulfide) groups is 1. The van der Waals surface area contributed by atoms with Crippen LogP contribution in [0.25, 0.3) is 0 Å². The lowest BCUT2D eigenvalue weighted by molar-refractivity contribution is -0.117. The molecule has 0 bridgehead atoms. The lowest BCUT2D eigenvalue weighted by atomic mass is 10.1. The Morgan fingerprint density at radius 1 is 1.52 bits per heavy atom. The number of carbonyl (C=O) groups excluding carboxylic acids is 1. The van der Waals surface area contributed by atoms with Crippen molar-refractivity contribution in [2.24, 2.45) is 5.92 Å². The second kappa shape index (κ2) is 5.39. The highest BCUT2D eigenvalue weighted by Gasteiger charge is 2.44. The fourth-order valence-corrected chi connectivity index (χ4v) is 3.93. The number of benzene rings is 1. The van der Waals surface area contributed by atoms with Crippen molar-refractivity contribution in [3.8, 4) is 6.07 Å². The molecule has 0 spiro atoms. The van der Waals surface area contributed by atoms with Crippen molar-refractivity contribution in [2.75, 3.05) is 11.1 Å². The molecular weight excluding hydrogens is 315 g/mol. The Balaban J connectivity index is 1.49. The van der Waals surface area contributed by atoms with E-state index < -0.39 is 0 Å². The zero-order valence-corrected chi connectivity index (χ0v) is 12.9. The van der Waals surface area contributed by atoms with Gasteiger partial charge in [0.1, 0.15) is 11.9 Å². The number of hydrogen-bond donors (Lipinski definition) is 1. The van der Waals surface area contributed by atoms with Crippen LogP contribution in [0.5, 0.6) is 0 Å². The fraction of sp³-hybridized carbons (Fsp3) is 0.312. The maximum absolute atomic E-state index is 13.3. The van der Waals surface area contributed by atoms with Gasteiger partial charge in [-0.1, -0.05) is 23.9 Å². The van der Waals surface area contributed by atoms with Gasteiger partial charge in [-0.15, -0.1) is 0 Å². The highest BCUT2D eigenvalue weighted by Crippen LogP contribution is 2.48. The molecule has 5 nitrogen and oxygen atoms in total. The minimum atomic E-state index is -0.289. The predicted octanol–water partition coefficient (Wildman–Crippen LogP) is 2.74. The van der Waals surface area contributed by atoms with E-state index in [1.165, 1.54) is 12.1 Å².